The van der Waals surface area contributed by atoms with Crippen LogP contribution >= 0.6 is 0 Å². The van der Waals surface area contributed by atoms with Gasteiger partial charge in [0.15, 0.2) is 9.84 Å². The molecule has 1 unspecified atom stereocenters. The van der Waals surface area contributed by atoms with Crippen LogP contribution in [0.25, 0.3) is 0 Å². The summed E-state index contributed by atoms with van der Waals surface area (Å²) in [6.45, 7) is 7.45. The first-order valence-electron chi connectivity index (χ1n) is 5.33. The molecule has 0 spiro atoms. The van der Waals surface area contributed by atoms with E-state index in [2.05, 4.69) is 5.32 Å². The Morgan fingerprint density at radius 3 is 2.27 bits per heavy atom. The number of hydrogen-bond acceptors (Lipinski definition) is 4. The number of rotatable bonds is 8. The monoisotopic (exact) mass is 237 g/mol. The fraction of sp³-hybridized carbons (Fsp3) is 1.00. The molecule has 0 amide bonds. The molecule has 0 aromatic carbocycles. The zero-order chi connectivity index (χ0) is 11.9. The first kappa shape index (κ1) is 14.9. The summed E-state index contributed by atoms with van der Waals surface area (Å²) >= 11 is 0. The topological polar surface area (TPSA) is 55.4 Å². The van der Waals surface area contributed by atoms with Crippen molar-refractivity contribution in [3.63, 3.8) is 0 Å². The third-order valence-corrected chi connectivity index (χ3v) is 5.00. The van der Waals surface area contributed by atoms with Gasteiger partial charge in [-0.15, -0.1) is 0 Å². The average Bonchev–Trinajstić information content (AvgIpc) is 2.16. The smallest absolute Gasteiger partial charge is 0.154 e. The van der Waals surface area contributed by atoms with Crippen molar-refractivity contribution < 1.29 is 13.2 Å². The summed E-state index contributed by atoms with van der Waals surface area (Å²) < 4.78 is 28.3. The van der Waals surface area contributed by atoms with E-state index in [0.29, 0.717) is 19.7 Å². The maximum atomic E-state index is 11.7. The highest BCUT2D eigenvalue weighted by Gasteiger charge is 2.22. The lowest BCUT2D eigenvalue weighted by Crippen LogP contribution is -2.32. The molecule has 1 atom stereocenters. The van der Waals surface area contributed by atoms with E-state index in [0.717, 1.165) is 0 Å². The lowest BCUT2D eigenvalue weighted by Gasteiger charge is -2.16. The fourth-order valence-corrected chi connectivity index (χ4v) is 2.74. The first-order chi connectivity index (χ1) is 6.91. The summed E-state index contributed by atoms with van der Waals surface area (Å²) in [7, 11) is -1.33. The quantitative estimate of drug-likeness (QED) is 0.631. The Bertz CT molecular complexity index is 249. The van der Waals surface area contributed by atoms with Crippen LogP contribution in [-0.4, -0.2) is 46.2 Å². The van der Waals surface area contributed by atoms with Gasteiger partial charge in [0.25, 0.3) is 0 Å². The van der Waals surface area contributed by atoms with E-state index in [1.165, 1.54) is 0 Å². The molecule has 0 radical (unpaired) electrons. The molecule has 0 aromatic heterocycles. The molecule has 4 nitrogen and oxygen atoms in total. The van der Waals surface area contributed by atoms with Crippen molar-refractivity contribution in [1.82, 2.24) is 5.32 Å². The van der Waals surface area contributed by atoms with Crippen LogP contribution in [0.3, 0.4) is 0 Å². The molecule has 0 aliphatic heterocycles. The third kappa shape index (κ3) is 6.12. The molecule has 1 N–H and O–H groups in total. The Labute approximate surface area is 93.3 Å². The number of hydrogen-bond donors (Lipinski definition) is 1. The first-order valence-corrected chi connectivity index (χ1v) is 7.04. The molecule has 92 valence electrons. The minimum atomic E-state index is -2.95. The molecule has 0 bridgehead atoms. The number of methoxy groups -OCH3 is 1. The minimum absolute atomic E-state index is 0.175. The molecule has 0 aromatic rings. The van der Waals surface area contributed by atoms with E-state index >= 15 is 0 Å². The Hall–Kier alpha value is -0.130. The van der Waals surface area contributed by atoms with Crippen LogP contribution in [0.5, 0.6) is 0 Å². The van der Waals surface area contributed by atoms with E-state index < -0.39 is 9.84 Å². The molecular weight excluding hydrogens is 214 g/mol. The standard InChI is InChI=1S/C10H23NO3S/c1-9(2)10(3)15(12,13)8-6-11-5-7-14-4/h9-11H,5-8H2,1-4H3. The summed E-state index contributed by atoms with van der Waals surface area (Å²) in [6.07, 6.45) is 0. The van der Waals surface area contributed by atoms with Gasteiger partial charge in [0.05, 0.1) is 17.6 Å². The van der Waals surface area contributed by atoms with E-state index in [1.807, 2.05) is 13.8 Å². The Morgan fingerprint density at radius 2 is 1.80 bits per heavy atom. The molecule has 0 saturated heterocycles. The zero-order valence-corrected chi connectivity index (χ0v) is 10.9. The van der Waals surface area contributed by atoms with Crippen molar-refractivity contribution in [3.05, 3.63) is 0 Å². The average molecular weight is 237 g/mol. The van der Waals surface area contributed by atoms with Crippen molar-refractivity contribution >= 4 is 9.84 Å². The number of nitrogens with one attached hydrogen (secondary N) is 1. The van der Waals surface area contributed by atoms with E-state index in [4.69, 9.17) is 4.74 Å². The van der Waals surface area contributed by atoms with Gasteiger partial charge in [-0.1, -0.05) is 13.8 Å². The summed E-state index contributed by atoms with van der Waals surface area (Å²) in [6, 6.07) is 0. The second kappa shape index (κ2) is 7.19. The summed E-state index contributed by atoms with van der Waals surface area (Å²) in [4.78, 5) is 0. The highest BCUT2D eigenvalue weighted by molar-refractivity contribution is 7.92. The predicted octanol–water partition coefficient (Wildman–Crippen LogP) is 0.682. The zero-order valence-electron chi connectivity index (χ0n) is 10.1. The van der Waals surface area contributed by atoms with Crippen LogP contribution in [0, 0.1) is 5.92 Å². The highest BCUT2D eigenvalue weighted by atomic mass is 32.2. The molecule has 5 heteroatoms. The Balaban J connectivity index is 3.85. The van der Waals surface area contributed by atoms with Crippen molar-refractivity contribution in [2.45, 2.75) is 26.0 Å². The highest BCUT2D eigenvalue weighted by Crippen LogP contribution is 2.11. The molecule has 0 rings (SSSR count). The van der Waals surface area contributed by atoms with Gasteiger partial charge in [-0.25, -0.2) is 8.42 Å². The largest absolute Gasteiger partial charge is 0.383 e. The van der Waals surface area contributed by atoms with E-state index in [9.17, 15) is 8.42 Å². The van der Waals surface area contributed by atoms with Gasteiger partial charge in [-0.2, -0.15) is 0 Å². The van der Waals surface area contributed by atoms with Crippen molar-refractivity contribution in [2.24, 2.45) is 5.92 Å². The van der Waals surface area contributed by atoms with Crippen molar-refractivity contribution in [3.8, 4) is 0 Å². The van der Waals surface area contributed by atoms with Crippen LogP contribution in [-0.2, 0) is 14.6 Å². The molecule has 0 heterocycles. The van der Waals surface area contributed by atoms with Crippen LogP contribution in [0.4, 0.5) is 0 Å². The van der Waals surface area contributed by atoms with Crippen LogP contribution in [0.15, 0.2) is 0 Å². The van der Waals surface area contributed by atoms with Gasteiger partial charge in [0.2, 0.25) is 0 Å². The number of sulfone groups is 1. The van der Waals surface area contributed by atoms with Gasteiger partial charge in [-0.3, -0.25) is 0 Å². The summed E-state index contributed by atoms with van der Waals surface area (Å²) in [5.74, 6) is 0.379. The SMILES string of the molecule is COCCNCCS(=O)(=O)C(C)C(C)C. The Morgan fingerprint density at radius 1 is 1.20 bits per heavy atom. The van der Waals surface area contributed by atoms with Crippen LogP contribution in [0.1, 0.15) is 20.8 Å². The van der Waals surface area contributed by atoms with Crippen LogP contribution < -0.4 is 5.32 Å². The second-order valence-corrected chi connectivity index (χ2v) is 6.54. The second-order valence-electron chi connectivity index (χ2n) is 4.06. The maximum absolute atomic E-state index is 11.7. The van der Waals surface area contributed by atoms with Gasteiger partial charge < -0.3 is 10.1 Å². The van der Waals surface area contributed by atoms with E-state index in [-0.39, 0.29) is 16.9 Å². The Kier molecular flexibility index (Phi) is 7.13. The lowest BCUT2D eigenvalue weighted by molar-refractivity contribution is 0.200. The number of ether oxygens (including phenoxy) is 1. The fourth-order valence-electron chi connectivity index (χ4n) is 1.11. The van der Waals surface area contributed by atoms with Crippen molar-refractivity contribution in [2.75, 3.05) is 32.6 Å². The molecule has 0 aliphatic rings. The molecule has 0 aliphatic carbocycles. The molecular formula is C10H23NO3S. The minimum Gasteiger partial charge on any atom is -0.383 e. The van der Waals surface area contributed by atoms with Gasteiger partial charge >= 0.3 is 0 Å². The molecule has 0 saturated carbocycles. The lowest BCUT2D eigenvalue weighted by atomic mass is 10.2. The molecule has 15 heavy (non-hydrogen) atoms. The van der Waals surface area contributed by atoms with Gasteiger partial charge in [0, 0.05) is 20.2 Å². The summed E-state index contributed by atoms with van der Waals surface area (Å²) in [5, 5.41) is 2.77. The predicted molar refractivity (Wildman–Crippen MR) is 62.8 cm³/mol. The van der Waals surface area contributed by atoms with Gasteiger partial charge in [-0.05, 0) is 12.8 Å². The van der Waals surface area contributed by atoms with Gasteiger partial charge in [0.1, 0.15) is 0 Å². The molecule has 0 fully saturated rings. The third-order valence-electron chi connectivity index (χ3n) is 2.55. The summed E-state index contributed by atoms with van der Waals surface area (Å²) in [5.41, 5.74) is 0. The maximum Gasteiger partial charge on any atom is 0.154 e. The van der Waals surface area contributed by atoms with E-state index in [1.54, 1.807) is 14.0 Å². The normalized spacial score (nSPS) is 14.5. The van der Waals surface area contributed by atoms with Crippen molar-refractivity contribution in [1.29, 1.82) is 0 Å². The van der Waals surface area contributed by atoms with Crippen LogP contribution in [0.2, 0.25) is 0 Å².